The molecule has 1 fully saturated rings. The van der Waals surface area contributed by atoms with Crippen LogP contribution >= 0.6 is 0 Å². The lowest BCUT2D eigenvalue weighted by Crippen LogP contribution is -2.34. The number of hydrogen-bond acceptors (Lipinski definition) is 6. The van der Waals surface area contributed by atoms with Gasteiger partial charge in [0.15, 0.2) is 11.5 Å². The van der Waals surface area contributed by atoms with E-state index in [1.165, 1.54) is 12.8 Å². The first-order chi connectivity index (χ1) is 11.8. The molecule has 0 spiro atoms. The van der Waals surface area contributed by atoms with E-state index in [0.29, 0.717) is 13.3 Å². The SMILES string of the molecule is CC1CCN(c2nccc(NCc3ccc4c(c3)OCO4)n2)CC1. The summed E-state index contributed by atoms with van der Waals surface area (Å²) in [6.07, 6.45) is 4.23. The third-order valence-electron chi connectivity index (χ3n) is 4.62. The maximum absolute atomic E-state index is 5.42. The molecule has 2 aliphatic rings. The van der Waals surface area contributed by atoms with E-state index in [0.717, 1.165) is 47.8 Å². The zero-order valence-electron chi connectivity index (χ0n) is 13.9. The summed E-state index contributed by atoms with van der Waals surface area (Å²) in [5.74, 6) is 4.07. The largest absolute Gasteiger partial charge is 0.454 e. The minimum Gasteiger partial charge on any atom is -0.454 e. The van der Waals surface area contributed by atoms with Crippen molar-refractivity contribution in [2.45, 2.75) is 26.3 Å². The molecule has 3 heterocycles. The van der Waals surface area contributed by atoms with Crippen LogP contribution in [0.5, 0.6) is 11.5 Å². The molecule has 24 heavy (non-hydrogen) atoms. The minimum absolute atomic E-state index is 0.302. The molecule has 1 saturated heterocycles. The number of anilines is 2. The van der Waals surface area contributed by atoms with E-state index in [9.17, 15) is 0 Å². The van der Waals surface area contributed by atoms with Gasteiger partial charge in [-0.3, -0.25) is 0 Å². The fraction of sp³-hybridized carbons (Fsp3) is 0.444. The predicted molar refractivity (Wildman–Crippen MR) is 92.5 cm³/mol. The summed E-state index contributed by atoms with van der Waals surface area (Å²) < 4.78 is 10.8. The van der Waals surface area contributed by atoms with Crippen molar-refractivity contribution in [1.82, 2.24) is 9.97 Å². The van der Waals surface area contributed by atoms with Crippen LogP contribution in [0.25, 0.3) is 0 Å². The molecule has 6 heteroatoms. The normalized spacial score (nSPS) is 17.1. The van der Waals surface area contributed by atoms with Crippen LogP contribution in [0.3, 0.4) is 0 Å². The Morgan fingerprint density at radius 1 is 1.17 bits per heavy atom. The Balaban J connectivity index is 1.41. The molecule has 0 saturated carbocycles. The van der Waals surface area contributed by atoms with E-state index < -0.39 is 0 Å². The van der Waals surface area contributed by atoms with Crippen molar-refractivity contribution in [3.8, 4) is 11.5 Å². The average Bonchev–Trinajstić information content (AvgIpc) is 3.08. The molecule has 1 aromatic carbocycles. The number of rotatable bonds is 4. The van der Waals surface area contributed by atoms with Crippen LogP contribution in [-0.4, -0.2) is 29.9 Å². The second-order valence-electron chi connectivity index (χ2n) is 6.45. The van der Waals surface area contributed by atoms with Crippen LogP contribution in [0, 0.1) is 5.92 Å². The van der Waals surface area contributed by atoms with Crippen molar-refractivity contribution in [3.05, 3.63) is 36.0 Å². The van der Waals surface area contributed by atoms with Crippen LogP contribution in [0.2, 0.25) is 0 Å². The van der Waals surface area contributed by atoms with Crippen LogP contribution in [-0.2, 0) is 6.54 Å². The number of ether oxygens (including phenoxy) is 2. The second kappa shape index (κ2) is 6.55. The molecule has 0 radical (unpaired) electrons. The number of fused-ring (bicyclic) bond motifs is 1. The first-order valence-electron chi connectivity index (χ1n) is 8.48. The lowest BCUT2D eigenvalue weighted by molar-refractivity contribution is 0.174. The third kappa shape index (κ3) is 3.22. The Bertz CT molecular complexity index is 714. The summed E-state index contributed by atoms with van der Waals surface area (Å²) in [4.78, 5) is 11.4. The Morgan fingerprint density at radius 3 is 2.88 bits per heavy atom. The van der Waals surface area contributed by atoms with E-state index in [1.807, 2.05) is 30.5 Å². The molecule has 0 amide bonds. The fourth-order valence-electron chi connectivity index (χ4n) is 3.05. The lowest BCUT2D eigenvalue weighted by atomic mass is 10.00. The van der Waals surface area contributed by atoms with Crippen molar-refractivity contribution in [1.29, 1.82) is 0 Å². The third-order valence-corrected chi connectivity index (χ3v) is 4.62. The van der Waals surface area contributed by atoms with Crippen LogP contribution < -0.4 is 19.7 Å². The maximum Gasteiger partial charge on any atom is 0.231 e. The van der Waals surface area contributed by atoms with Crippen LogP contribution in [0.4, 0.5) is 11.8 Å². The highest BCUT2D eigenvalue weighted by Crippen LogP contribution is 2.32. The monoisotopic (exact) mass is 326 g/mol. The van der Waals surface area contributed by atoms with Crippen molar-refractivity contribution >= 4 is 11.8 Å². The van der Waals surface area contributed by atoms with E-state index in [-0.39, 0.29) is 0 Å². The van der Waals surface area contributed by atoms with Gasteiger partial charge in [-0.1, -0.05) is 13.0 Å². The fourth-order valence-corrected chi connectivity index (χ4v) is 3.05. The molecule has 1 aromatic heterocycles. The highest BCUT2D eigenvalue weighted by atomic mass is 16.7. The van der Waals surface area contributed by atoms with Crippen molar-refractivity contribution < 1.29 is 9.47 Å². The summed E-state index contributed by atoms with van der Waals surface area (Å²) in [6.45, 7) is 5.36. The van der Waals surface area contributed by atoms with Gasteiger partial charge in [0.2, 0.25) is 12.7 Å². The van der Waals surface area contributed by atoms with E-state index in [2.05, 4.69) is 27.1 Å². The second-order valence-corrected chi connectivity index (χ2v) is 6.45. The van der Waals surface area contributed by atoms with Gasteiger partial charge in [0.05, 0.1) is 0 Å². The smallest absolute Gasteiger partial charge is 0.231 e. The van der Waals surface area contributed by atoms with Crippen molar-refractivity contribution in [2.75, 3.05) is 30.1 Å². The highest BCUT2D eigenvalue weighted by molar-refractivity contribution is 5.46. The standard InChI is InChI=1S/C18H22N4O2/c1-13-5-8-22(9-6-13)18-19-7-4-17(21-18)20-11-14-2-3-15-16(10-14)24-12-23-15/h2-4,7,10,13H,5-6,8-9,11-12H2,1H3,(H,19,20,21). The Labute approximate surface area is 141 Å². The number of hydrogen-bond donors (Lipinski definition) is 1. The molecule has 0 bridgehead atoms. The Morgan fingerprint density at radius 2 is 2.00 bits per heavy atom. The number of nitrogens with zero attached hydrogens (tertiary/aromatic N) is 3. The first-order valence-corrected chi connectivity index (χ1v) is 8.48. The topological polar surface area (TPSA) is 59.5 Å². The summed E-state index contributed by atoms with van der Waals surface area (Å²) in [5.41, 5.74) is 1.13. The minimum atomic E-state index is 0.302. The summed E-state index contributed by atoms with van der Waals surface area (Å²) in [5, 5.41) is 3.37. The molecule has 126 valence electrons. The summed E-state index contributed by atoms with van der Waals surface area (Å²) in [6, 6.07) is 7.89. The molecule has 6 nitrogen and oxygen atoms in total. The molecular weight excluding hydrogens is 304 g/mol. The van der Waals surface area contributed by atoms with Crippen molar-refractivity contribution in [2.24, 2.45) is 5.92 Å². The van der Waals surface area contributed by atoms with Gasteiger partial charge in [-0.05, 0) is 42.5 Å². The highest BCUT2D eigenvalue weighted by Gasteiger charge is 2.18. The van der Waals surface area contributed by atoms with Gasteiger partial charge in [0.1, 0.15) is 5.82 Å². The first kappa shape index (κ1) is 15.1. The van der Waals surface area contributed by atoms with Gasteiger partial charge in [-0.2, -0.15) is 4.98 Å². The van der Waals surface area contributed by atoms with Gasteiger partial charge in [0, 0.05) is 25.8 Å². The average molecular weight is 326 g/mol. The van der Waals surface area contributed by atoms with E-state index in [4.69, 9.17) is 9.47 Å². The van der Waals surface area contributed by atoms with Crippen LogP contribution in [0.1, 0.15) is 25.3 Å². The summed E-state index contributed by atoms with van der Waals surface area (Å²) >= 11 is 0. The predicted octanol–water partition coefficient (Wildman–Crippen LogP) is 3.05. The number of benzene rings is 1. The van der Waals surface area contributed by atoms with Gasteiger partial charge in [0.25, 0.3) is 0 Å². The molecule has 4 rings (SSSR count). The number of aromatic nitrogens is 2. The van der Waals surface area contributed by atoms with E-state index in [1.54, 1.807) is 0 Å². The van der Waals surface area contributed by atoms with Gasteiger partial charge < -0.3 is 19.7 Å². The van der Waals surface area contributed by atoms with Gasteiger partial charge in [-0.25, -0.2) is 4.98 Å². The molecule has 2 aliphatic heterocycles. The lowest BCUT2D eigenvalue weighted by Gasteiger charge is -2.30. The number of piperidine rings is 1. The Kier molecular flexibility index (Phi) is 4.11. The zero-order chi connectivity index (χ0) is 16.4. The molecule has 0 aliphatic carbocycles. The van der Waals surface area contributed by atoms with Crippen molar-refractivity contribution in [3.63, 3.8) is 0 Å². The van der Waals surface area contributed by atoms with Crippen LogP contribution in [0.15, 0.2) is 30.5 Å². The molecule has 2 aromatic rings. The van der Waals surface area contributed by atoms with E-state index >= 15 is 0 Å². The van der Waals surface area contributed by atoms with Gasteiger partial charge >= 0.3 is 0 Å². The van der Waals surface area contributed by atoms with Gasteiger partial charge in [-0.15, -0.1) is 0 Å². The molecule has 0 unspecified atom stereocenters. The molecular formula is C18H22N4O2. The quantitative estimate of drug-likeness (QED) is 0.932. The number of nitrogens with one attached hydrogen (secondary N) is 1. The molecule has 0 atom stereocenters. The summed E-state index contributed by atoms with van der Waals surface area (Å²) in [7, 11) is 0. The maximum atomic E-state index is 5.42. The zero-order valence-corrected chi connectivity index (χ0v) is 13.9. The Hall–Kier alpha value is -2.50. The molecule has 1 N–H and O–H groups in total.